The molecule has 0 spiro atoms. The van der Waals surface area contributed by atoms with Gasteiger partial charge in [-0.05, 0) is 51.0 Å². The number of carbonyl (C=O) groups is 1. The topological polar surface area (TPSA) is 110 Å². The van der Waals surface area contributed by atoms with Crippen LogP contribution in [0.2, 0.25) is 0 Å². The lowest BCUT2D eigenvalue weighted by molar-refractivity contribution is -0.130. The first-order chi connectivity index (χ1) is 13.4. The standard InChI is InChI=1S/C20H32N2O5S/c1-3-22(4-2)20(24)8-6-5-7-13-28(25,26)19-11-9-18(10-12-19)27-16-17(14-21)15-23/h9-12,15,23H,3-8,13-14,16,21H2,1-2H3/b17-15+. The number of aliphatic hydroxyl groups excluding tert-OH is 1. The number of nitrogens with two attached hydrogens (primary N) is 1. The van der Waals surface area contributed by atoms with Gasteiger partial charge in [0, 0.05) is 31.6 Å². The minimum atomic E-state index is -3.37. The Morgan fingerprint density at radius 1 is 1.14 bits per heavy atom. The van der Waals surface area contributed by atoms with Gasteiger partial charge in [0.25, 0.3) is 0 Å². The highest BCUT2D eigenvalue weighted by Gasteiger charge is 2.15. The van der Waals surface area contributed by atoms with E-state index in [9.17, 15) is 13.2 Å². The minimum Gasteiger partial charge on any atom is -0.515 e. The van der Waals surface area contributed by atoms with Crippen LogP contribution in [0.5, 0.6) is 5.75 Å². The van der Waals surface area contributed by atoms with Crippen LogP contribution in [0.3, 0.4) is 0 Å². The van der Waals surface area contributed by atoms with Gasteiger partial charge in [-0.2, -0.15) is 0 Å². The van der Waals surface area contributed by atoms with E-state index in [-0.39, 0.29) is 29.7 Å². The van der Waals surface area contributed by atoms with Gasteiger partial charge in [0.15, 0.2) is 9.84 Å². The molecule has 0 saturated carbocycles. The molecule has 0 unspecified atom stereocenters. The van der Waals surface area contributed by atoms with Crippen LogP contribution in [-0.4, -0.2) is 56.3 Å². The number of ether oxygens (including phenoxy) is 1. The third-order valence-electron chi connectivity index (χ3n) is 4.47. The van der Waals surface area contributed by atoms with Crippen molar-refractivity contribution in [2.24, 2.45) is 5.73 Å². The second kappa shape index (κ2) is 12.4. The van der Waals surface area contributed by atoms with Gasteiger partial charge >= 0.3 is 0 Å². The Balaban J connectivity index is 2.45. The number of sulfone groups is 1. The van der Waals surface area contributed by atoms with E-state index in [1.54, 1.807) is 17.0 Å². The van der Waals surface area contributed by atoms with Crippen LogP contribution in [0, 0.1) is 0 Å². The second-order valence-corrected chi connectivity index (χ2v) is 8.56. The molecule has 0 saturated heterocycles. The Morgan fingerprint density at radius 3 is 2.32 bits per heavy atom. The van der Waals surface area contributed by atoms with Crippen molar-refractivity contribution in [1.29, 1.82) is 0 Å². The van der Waals surface area contributed by atoms with E-state index in [1.807, 2.05) is 13.8 Å². The normalized spacial score (nSPS) is 12.0. The van der Waals surface area contributed by atoms with Gasteiger partial charge in [-0.25, -0.2) is 8.42 Å². The summed E-state index contributed by atoms with van der Waals surface area (Å²) in [5.41, 5.74) is 5.97. The molecular weight excluding hydrogens is 380 g/mol. The summed E-state index contributed by atoms with van der Waals surface area (Å²) in [5, 5.41) is 8.94. The highest BCUT2D eigenvalue weighted by Crippen LogP contribution is 2.19. The van der Waals surface area contributed by atoms with Crippen LogP contribution in [0.15, 0.2) is 41.0 Å². The Hall–Kier alpha value is -2.06. The van der Waals surface area contributed by atoms with Crippen molar-refractivity contribution in [3.8, 4) is 5.75 Å². The Labute approximate surface area is 168 Å². The summed E-state index contributed by atoms with van der Waals surface area (Å²) in [7, 11) is -3.37. The lowest BCUT2D eigenvalue weighted by Gasteiger charge is -2.18. The van der Waals surface area contributed by atoms with Gasteiger partial charge in [-0.3, -0.25) is 4.79 Å². The zero-order valence-corrected chi connectivity index (χ0v) is 17.6. The summed E-state index contributed by atoms with van der Waals surface area (Å²) in [6.07, 6.45) is 3.28. The molecule has 3 N–H and O–H groups in total. The van der Waals surface area contributed by atoms with E-state index >= 15 is 0 Å². The minimum absolute atomic E-state index is 0.0528. The van der Waals surface area contributed by atoms with E-state index in [4.69, 9.17) is 15.6 Å². The van der Waals surface area contributed by atoms with Crippen LogP contribution in [0.1, 0.15) is 39.5 Å². The molecule has 0 bridgehead atoms. The van der Waals surface area contributed by atoms with Crippen LogP contribution in [0.25, 0.3) is 0 Å². The number of rotatable bonds is 13. The van der Waals surface area contributed by atoms with Gasteiger partial charge in [0.2, 0.25) is 5.91 Å². The number of nitrogens with zero attached hydrogens (tertiary/aromatic N) is 1. The van der Waals surface area contributed by atoms with E-state index < -0.39 is 9.84 Å². The number of unbranched alkanes of at least 4 members (excludes halogenated alkanes) is 2. The number of aliphatic hydroxyl groups is 1. The molecule has 7 nitrogen and oxygen atoms in total. The van der Waals surface area contributed by atoms with Gasteiger partial charge in [0.05, 0.1) is 16.9 Å². The highest BCUT2D eigenvalue weighted by atomic mass is 32.2. The molecule has 0 aliphatic rings. The van der Waals surface area contributed by atoms with E-state index in [1.165, 1.54) is 12.1 Å². The van der Waals surface area contributed by atoms with Crippen LogP contribution < -0.4 is 10.5 Å². The molecule has 1 rings (SSSR count). The molecular formula is C20H32N2O5S. The molecule has 0 aliphatic heterocycles. The van der Waals surface area contributed by atoms with Crippen molar-refractivity contribution < 1.29 is 23.1 Å². The molecule has 1 amide bonds. The first-order valence-corrected chi connectivity index (χ1v) is 11.3. The van der Waals surface area contributed by atoms with Crippen molar-refractivity contribution in [2.45, 2.75) is 44.4 Å². The Kier molecular flexibility index (Phi) is 10.6. The van der Waals surface area contributed by atoms with Crippen molar-refractivity contribution in [1.82, 2.24) is 4.90 Å². The highest BCUT2D eigenvalue weighted by molar-refractivity contribution is 7.91. The van der Waals surface area contributed by atoms with Crippen molar-refractivity contribution in [3.05, 3.63) is 36.1 Å². The molecule has 158 valence electrons. The second-order valence-electron chi connectivity index (χ2n) is 6.45. The van der Waals surface area contributed by atoms with Gasteiger partial charge in [-0.1, -0.05) is 6.42 Å². The third kappa shape index (κ3) is 7.90. The maximum absolute atomic E-state index is 12.4. The fraction of sp³-hybridized carbons (Fsp3) is 0.550. The maximum Gasteiger partial charge on any atom is 0.222 e. The first kappa shape index (κ1) is 24.0. The molecule has 1 aromatic carbocycles. The summed E-state index contributed by atoms with van der Waals surface area (Å²) in [6.45, 7) is 5.63. The van der Waals surface area contributed by atoms with E-state index in [2.05, 4.69) is 0 Å². The fourth-order valence-corrected chi connectivity index (χ4v) is 4.04. The van der Waals surface area contributed by atoms with Gasteiger partial charge < -0.3 is 20.5 Å². The number of amides is 1. The monoisotopic (exact) mass is 412 g/mol. The number of hydrogen-bond acceptors (Lipinski definition) is 6. The summed E-state index contributed by atoms with van der Waals surface area (Å²) in [5.74, 6) is 0.677. The predicted octanol–water partition coefficient (Wildman–Crippen LogP) is 2.67. The SMILES string of the molecule is CCN(CC)C(=O)CCCCCS(=O)(=O)c1ccc(OC/C(=C/O)CN)cc1. The smallest absolute Gasteiger partial charge is 0.222 e. The average Bonchev–Trinajstić information content (AvgIpc) is 2.69. The maximum atomic E-state index is 12.4. The third-order valence-corrected chi connectivity index (χ3v) is 6.29. The largest absolute Gasteiger partial charge is 0.515 e. The molecule has 0 aromatic heterocycles. The van der Waals surface area contributed by atoms with Crippen molar-refractivity contribution in [2.75, 3.05) is 32.0 Å². The Morgan fingerprint density at radius 2 is 1.79 bits per heavy atom. The predicted molar refractivity (Wildman–Crippen MR) is 110 cm³/mol. The van der Waals surface area contributed by atoms with Crippen LogP contribution in [-0.2, 0) is 14.6 Å². The van der Waals surface area contributed by atoms with Gasteiger partial charge in [0.1, 0.15) is 12.4 Å². The summed E-state index contributed by atoms with van der Waals surface area (Å²) >= 11 is 0. The zero-order chi connectivity index (χ0) is 21.0. The molecule has 1 aromatic rings. The quantitative estimate of drug-likeness (QED) is 0.381. The average molecular weight is 413 g/mol. The first-order valence-electron chi connectivity index (χ1n) is 9.63. The molecule has 28 heavy (non-hydrogen) atoms. The van der Waals surface area contributed by atoms with Crippen LogP contribution in [0.4, 0.5) is 0 Å². The number of benzene rings is 1. The van der Waals surface area contributed by atoms with Crippen LogP contribution >= 0.6 is 0 Å². The fourth-order valence-electron chi connectivity index (χ4n) is 2.67. The summed E-state index contributed by atoms with van der Waals surface area (Å²) in [6, 6.07) is 6.20. The van der Waals surface area contributed by atoms with E-state index in [0.717, 1.165) is 6.26 Å². The molecule has 0 heterocycles. The molecule has 0 fully saturated rings. The van der Waals surface area contributed by atoms with Crippen molar-refractivity contribution >= 4 is 15.7 Å². The Bertz CT molecular complexity index is 725. The zero-order valence-electron chi connectivity index (χ0n) is 16.8. The molecule has 0 radical (unpaired) electrons. The number of carbonyl (C=O) groups excluding carboxylic acids is 1. The van der Waals surface area contributed by atoms with Crippen molar-refractivity contribution in [3.63, 3.8) is 0 Å². The summed E-state index contributed by atoms with van der Waals surface area (Å²) < 4.78 is 30.3. The molecule has 0 aliphatic carbocycles. The van der Waals surface area contributed by atoms with E-state index in [0.29, 0.717) is 50.1 Å². The number of hydrogen-bond donors (Lipinski definition) is 2. The lowest BCUT2D eigenvalue weighted by Crippen LogP contribution is -2.30. The summed E-state index contributed by atoms with van der Waals surface area (Å²) in [4.78, 5) is 14.0. The molecule has 8 heteroatoms. The van der Waals surface area contributed by atoms with Gasteiger partial charge in [-0.15, -0.1) is 0 Å². The lowest BCUT2D eigenvalue weighted by atomic mass is 10.2. The molecule has 0 atom stereocenters.